The summed E-state index contributed by atoms with van der Waals surface area (Å²) in [6.45, 7) is 1.81. The topological polar surface area (TPSA) is 31.9 Å². The molecule has 2 aliphatic rings. The molecule has 1 heterocycles. The summed E-state index contributed by atoms with van der Waals surface area (Å²) >= 11 is 0. The second-order valence-corrected chi connectivity index (χ2v) is 2.86. The van der Waals surface area contributed by atoms with Crippen molar-refractivity contribution in [2.45, 2.75) is 12.5 Å². The van der Waals surface area contributed by atoms with Crippen LogP contribution >= 0.6 is 0 Å². The summed E-state index contributed by atoms with van der Waals surface area (Å²) in [5.41, 5.74) is 0. The lowest BCUT2D eigenvalue weighted by molar-refractivity contribution is 0.0542. The fraction of sp³-hybridized carbons (Fsp3) is 1.00. The molecule has 0 aromatic carbocycles. The van der Waals surface area contributed by atoms with E-state index in [1.807, 2.05) is 0 Å². The van der Waals surface area contributed by atoms with Crippen LogP contribution in [0.2, 0.25) is 0 Å². The van der Waals surface area contributed by atoms with E-state index in [4.69, 9.17) is 0 Å². The molecular formula is C6H10NO. The number of piperidine rings is 1. The molecule has 45 valence electrons. The number of rotatable bonds is 0. The number of nitrogens with one attached hydrogen (secondary N) is 1. The minimum atomic E-state index is -0.284. The Hall–Kier alpha value is -0.0800. The highest BCUT2D eigenvalue weighted by Crippen LogP contribution is 2.42. The van der Waals surface area contributed by atoms with Crippen LogP contribution in [0.5, 0.6) is 0 Å². The van der Waals surface area contributed by atoms with E-state index in [1.54, 1.807) is 0 Å². The molecule has 1 N–H and O–H groups in total. The van der Waals surface area contributed by atoms with E-state index < -0.39 is 0 Å². The zero-order valence-corrected chi connectivity index (χ0v) is 4.76. The van der Waals surface area contributed by atoms with Crippen molar-refractivity contribution >= 4 is 0 Å². The monoisotopic (exact) mass is 112 g/mol. The van der Waals surface area contributed by atoms with Crippen LogP contribution in [0.3, 0.4) is 0 Å². The first-order valence-electron chi connectivity index (χ1n) is 3.24. The molecule has 8 heavy (non-hydrogen) atoms. The first-order valence-corrected chi connectivity index (χ1v) is 3.24. The maximum absolute atomic E-state index is 10.9. The molecule has 1 aliphatic heterocycles. The van der Waals surface area contributed by atoms with Crippen molar-refractivity contribution in [1.29, 1.82) is 0 Å². The quantitative estimate of drug-likeness (QED) is 0.471. The Morgan fingerprint density at radius 3 is 2.88 bits per heavy atom. The molecule has 1 saturated heterocycles. The van der Waals surface area contributed by atoms with E-state index in [-0.39, 0.29) is 6.10 Å². The second kappa shape index (κ2) is 1.45. The highest BCUT2D eigenvalue weighted by atomic mass is 16.3. The van der Waals surface area contributed by atoms with Gasteiger partial charge in [-0.25, -0.2) is 5.11 Å². The van der Waals surface area contributed by atoms with Crippen LogP contribution in [0.25, 0.3) is 0 Å². The van der Waals surface area contributed by atoms with Gasteiger partial charge in [0.15, 0.2) is 0 Å². The molecule has 3 atom stereocenters. The van der Waals surface area contributed by atoms with Crippen molar-refractivity contribution in [2.24, 2.45) is 11.8 Å². The first kappa shape index (κ1) is 4.77. The number of hydrogen-bond donors (Lipinski definition) is 1. The fourth-order valence-electron chi connectivity index (χ4n) is 1.52. The normalized spacial score (nSPS) is 52.9. The fourth-order valence-corrected chi connectivity index (χ4v) is 1.52. The van der Waals surface area contributed by atoms with Gasteiger partial charge in [0, 0.05) is 6.54 Å². The summed E-state index contributed by atoms with van der Waals surface area (Å²) in [4.78, 5) is 0. The van der Waals surface area contributed by atoms with Gasteiger partial charge in [0.25, 0.3) is 0 Å². The van der Waals surface area contributed by atoms with Crippen molar-refractivity contribution in [3.8, 4) is 0 Å². The first-order chi connectivity index (χ1) is 3.88. The highest BCUT2D eigenvalue weighted by molar-refractivity contribution is 4.96. The van der Waals surface area contributed by atoms with Crippen molar-refractivity contribution < 1.29 is 5.11 Å². The van der Waals surface area contributed by atoms with E-state index in [1.165, 1.54) is 6.42 Å². The van der Waals surface area contributed by atoms with Gasteiger partial charge in [0.1, 0.15) is 6.10 Å². The SMILES string of the molecule is [O]C1CNCC2CC12. The summed E-state index contributed by atoms with van der Waals surface area (Å²) in [6.07, 6.45) is 0.912. The molecule has 1 aliphatic carbocycles. The standard InChI is InChI=1S/C6H10NO/c8-6-3-7-2-4-1-5(4)6/h4-7H,1-3H2. The van der Waals surface area contributed by atoms with Gasteiger partial charge in [-0.2, -0.15) is 0 Å². The molecule has 2 nitrogen and oxygen atoms in total. The predicted octanol–water partition coefficient (Wildman–Crippen LogP) is 0.0248. The average molecular weight is 112 g/mol. The van der Waals surface area contributed by atoms with E-state index in [9.17, 15) is 5.11 Å². The molecule has 2 heteroatoms. The molecular weight excluding hydrogens is 102 g/mol. The van der Waals surface area contributed by atoms with Crippen molar-refractivity contribution in [3.05, 3.63) is 0 Å². The summed E-state index contributed by atoms with van der Waals surface area (Å²) in [7, 11) is 0. The Morgan fingerprint density at radius 2 is 2.25 bits per heavy atom. The third-order valence-electron chi connectivity index (χ3n) is 2.21. The predicted molar refractivity (Wildman–Crippen MR) is 28.9 cm³/mol. The molecule has 2 fully saturated rings. The third-order valence-corrected chi connectivity index (χ3v) is 2.21. The third kappa shape index (κ3) is 0.565. The zero-order valence-electron chi connectivity index (χ0n) is 4.76. The smallest absolute Gasteiger partial charge is 0.108 e. The van der Waals surface area contributed by atoms with Gasteiger partial charge in [-0.15, -0.1) is 0 Å². The summed E-state index contributed by atoms with van der Waals surface area (Å²) in [5, 5.41) is 14.0. The molecule has 0 amide bonds. The van der Waals surface area contributed by atoms with Gasteiger partial charge in [-0.05, 0) is 24.8 Å². The second-order valence-electron chi connectivity index (χ2n) is 2.86. The Labute approximate surface area is 48.9 Å². The lowest BCUT2D eigenvalue weighted by Crippen LogP contribution is -2.34. The summed E-state index contributed by atoms with van der Waals surface area (Å²) in [5.74, 6) is 1.31. The highest BCUT2D eigenvalue weighted by Gasteiger charge is 2.45. The van der Waals surface area contributed by atoms with Crippen LogP contribution < -0.4 is 5.32 Å². The van der Waals surface area contributed by atoms with Crippen LogP contribution in [-0.4, -0.2) is 19.2 Å². The molecule has 3 unspecified atom stereocenters. The van der Waals surface area contributed by atoms with Gasteiger partial charge in [-0.3, -0.25) is 0 Å². The zero-order chi connectivity index (χ0) is 5.56. The van der Waals surface area contributed by atoms with Gasteiger partial charge in [-0.1, -0.05) is 0 Å². The Kier molecular flexibility index (Phi) is 0.866. The van der Waals surface area contributed by atoms with Crippen molar-refractivity contribution in [3.63, 3.8) is 0 Å². The van der Waals surface area contributed by atoms with Gasteiger partial charge >= 0.3 is 0 Å². The lowest BCUT2D eigenvalue weighted by Gasteiger charge is -2.14. The Bertz CT molecular complexity index is 105. The van der Waals surface area contributed by atoms with Crippen LogP contribution in [0, 0.1) is 11.8 Å². The molecule has 1 saturated carbocycles. The van der Waals surface area contributed by atoms with Crippen LogP contribution in [-0.2, 0) is 5.11 Å². The summed E-state index contributed by atoms with van der Waals surface area (Å²) in [6, 6.07) is 0. The van der Waals surface area contributed by atoms with E-state index >= 15 is 0 Å². The molecule has 0 spiro atoms. The Morgan fingerprint density at radius 1 is 1.38 bits per heavy atom. The van der Waals surface area contributed by atoms with Gasteiger partial charge < -0.3 is 5.32 Å². The molecule has 0 bridgehead atoms. The van der Waals surface area contributed by atoms with E-state index in [0.717, 1.165) is 12.5 Å². The average Bonchev–Trinajstić information content (AvgIpc) is 2.45. The Balaban J connectivity index is 1.99. The molecule has 0 aromatic heterocycles. The molecule has 2 rings (SSSR count). The summed E-state index contributed by atoms with van der Waals surface area (Å²) < 4.78 is 0. The van der Waals surface area contributed by atoms with Crippen LogP contribution in [0.4, 0.5) is 0 Å². The van der Waals surface area contributed by atoms with Gasteiger partial charge in [0.05, 0.1) is 0 Å². The van der Waals surface area contributed by atoms with Crippen LogP contribution in [0.1, 0.15) is 6.42 Å². The minimum absolute atomic E-state index is 0.284. The lowest BCUT2D eigenvalue weighted by atomic mass is 10.1. The van der Waals surface area contributed by atoms with Crippen molar-refractivity contribution in [2.75, 3.05) is 13.1 Å². The van der Waals surface area contributed by atoms with E-state index in [2.05, 4.69) is 5.32 Å². The van der Waals surface area contributed by atoms with E-state index in [0.29, 0.717) is 12.5 Å². The molecule has 1 radical (unpaired) electrons. The maximum atomic E-state index is 10.9. The largest absolute Gasteiger partial charge is 0.314 e. The number of fused-ring (bicyclic) bond motifs is 1. The van der Waals surface area contributed by atoms with Crippen LogP contribution in [0.15, 0.2) is 0 Å². The maximum Gasteiger partial charge on any atom is 0.108 e. The molecule has 0 aromatic rings. The minimum Gasteiger partial charge on any atom is -0.314 e. The van der Waals surface area contributed by atoms with Crippen molar-refractivity contribution in [1.82, 2.24) is 5.32 Å². The number of hydrogen-bond acceptors (Lipinski definition) is 1. The van der Waals surface area contributed by atoms with Gasteiger partial charge in [0.2, 0.25) is 0 Å².